The van der Waals surface area contributed by atoms with Crippen molar-refractivity contribution in [2.45, 2.75) is 12.8 Å². The Labute approximate surface area is 124 Å². The quantitative estimate of drug-likeness (QED) is 0.516. The first-order chi connectivity index (χ1) is 10.2. The lowest BCUT2D eigenvalue weighted by molar-refractivity contribution is -0.138. The first-order valence-corrected chi connectivity index (χ1v) is 6.58. The van der Waals surface area contributed by atoms with E-state index in [-0.39, 0.29) is 24.8 Å². The number of ether oxygens (including phenoxy) is 2. The summed E-state index contributed by atoms with van der Waals surface area (Å²) >= 11 is 0. The summed E-state index contributed by atoms with van der Waals surface area (Å²) in [4.78, 5) is 24.7. The van der Waals surface area contributed by atoms with Gasteiger partial charge in [-0.15, -0.1) is 0 Å². The van der Waals surface area contributed by atoms with Gasteiger partial charge < -0.3 is 14.4 Å². The molecule has 112 valence electrons. The molecule has 0 heterocycles. The predicted molar refractivity (Wildman–Crippen MR) is 80.5 cm³/mol. The molecule has 21 heavy (non-hydrogen) atoms. The molecule has 5 heteroatoms. The molecular weight excluding hydrogens is 270 g/mol. The zero-order valence-electron chi connectivity index (χ0n) is 11.9. The van der Waals surface area contributed by atoms with Crippen LogP contribution in [0.2, 0.25) is 0 Å². The lowest BCUT2D eigenvalue weighted by Crippen LogP contribution is -2.29. The van der Waals surface area contributed by atoms with Crippen LogP contribution in [0.4, 0.5) is 5.69 Å². The van der Waals surface area contributed by atoms with Crippen molar-refractivity contribution < 1.29 is 19.1 Å². The van der Waals surface area contributed by atoms with Crippen LogP contribution in [0.25, 0.3) is 0 Å². The number of anilines is 1. The maximum atomic E-state index is 11.4. The summed E-state index contributed by atoms with van der Waals surface area (Å²) in [7, 11) is 0. The Morgan fingerprint density at radius 1 is 0.952 bits per heavy atom. The van der Waals surface area contributed by atoms with E-state index >= 15 is 0 Å². The lowest BCUT2D eigenvalue weighted by atomic mass is 10.2. The molecule has 0 amide bonds. The van der Waals surface area contributed by atoms with Crippen LogP contribution in [0, 0.1) is 0 Å². The van der Waals surface area contributed by atoms with Crippen molar-refractivity contribution in [3.8, 4) is 0 Å². The molecule has 0 aliphatic carbocycles. The minimum absolute atomic E-state index is 0.206. The van der Waals surface area contributed by atoms with Crippen LogP contribution >= 0.6 is 0 Å². The fourth-order valence-corrected chi connectivity index (χ4v) is 1.77. The molecule has 0 unspecified atom stereocenters. The van der Waals surface area contributed by atoms with E-state index in [2.05, 4.69) is 22.6 Å². The largest absolute Gasteiger partial charge is 0.435 e. The molecule has 5 nitrogen and oxygen atoms in total. The van der Waals surface area contributed by atoms with Crippen molar-refractivity contribution in [2.24, 2.45) is 0 Å². The smallest absolute Gasteiger partial charge is 0.312 e. The standard InChI is InChI=1S/C16H19NO4/c1-3-20-15(18)10-12-17(13-11-16(19)21-4-2)14-8-6-5-7-9-14/h3-9H,1-2,10-13H2. The van der Waals surface area contributed by atoms with Crippen LogP contribution in [0.15, 0.2) is 56.0 Å². The Morgan fingerprint density at radius 3 is 1.86 bits per heavy atom. The number of rotatable bonds is 9. The van der Waals surface area contributed by atoms with E-state index in [0.717, 1.165) is 18.2 Å². The van der Waals surface area contributed by atoms with Crippen LogP contribution in [0.1, 0.15) is 12.8 Å². The molecule has 0 saturated heterocycles. The number of carbonyl (C=O) groups excluding carboxylic acids is 2. The Kier molecular flexibility index (Phi) is 7.35. The van der Waals surface area contributed by atoms with E-state index in [1.807, 2.05) is 35.2 Å². The highest BCUT2D eigenvalue weighted by Gasteiger charge is 2.12. The van der Waals surface area contributed by atoms with Crippen LogP contribution in [-0.2, 0) is 19.1 Å². The number of carbonyl (C=O) groups is 2. The molecule has 0 bridgehead atoms. The van der Waals surface area contributed by atoms with E-state index < -0.39 is 0 Å². The normalized spacial score (nSPS) is 9.52. The Bertz CT molecular complexity index is 458. The first kappa shape index (κ1) is 16.5. The second kappa shape index (κ2) is 9.36. The Morgan fingerprint density at radius 2 is 1.43 bits per heavy atom. The van der Waals surface area contributed by atoms with Gasteiger partial charge in [0.1, 0.15) is 0 Å². The second-order valence-electron chi connectivity index (χ2n) is 4.14. The third-order valence-electron chi connectivity index (χ3n) is 2.72. The average molecular weight is 289 g/mol. The van der Waals surface area contributed by atoms with Crippen LogP contribution in [0.3, 0.4) is 0 Å². The molecule has 0 N–H and O–H groups in total. The predicted octanol–water partition coefficient (Wildman–Crippen LogP) is 2.65. The van der Waals surface area contributed by atoms with Gasteiger partial charge in [0.05, 0.1) is 25.4 Å². The monoisotopic (exact) mass is 289 g/mol. The molecule has 0 spiro atoms. The van der Waals surface area contributed by atoms with E-state index in [1.54, 1.807) is 0 Å². The SMILES string of the molecule is C=COC(=O)CCN(CCC(=O)OC=C)c1ccccc1. The third-order valence-corrected chi connectivity index (χ3v) is 2.72. The van der Waals surface area contributed by atoms with Gasteiger partial charge >= 0.3 is 11.9 Å². The molecule has 0 atom stereocenters. The fourth-order valence-electron chi connectivity index (χ4n) is 1.77. The lowest BCUT2D eigenvalue weighted by Gasteiger charge is -2.23. The molecule has 1 rings (SSSR count). The second-order valence-corrected chi connectivity index (χ2v) is 4.14. The zero-order valence-corrected chi connectivity index (χ0v) is 11.9. The highest BCUT2D eigenvalue weighted by Crippen LogP contribution is 2.14. The molecular formula is C16H19NO4. The zero-order chi connectivity index (χ0) is 15.5. The van der Waals surface area contributed by atoms with Crippen molar-refractivity contribution in [1.29, 1.82) is 0 Å². The van der Waals surface area contributed by atoms with Crippen LogP contribution < -0.4 is 4.90 Å². The Balaban J connectivity index is 2.62. The number of esters is 2. The van der Waals surface area contributed by atoms with Crippen molar-refractivity contribution in [3.05, 3.63) is 56.0 Å². The van der Waals surface area contributed by atoms with Crippen molar-refractivity contribution in [3.63, 3.8) is 0 Å². The number of para-hydroxylation sites is 1. The first-order valence-electron chi connectivity index (χ1n) is 6.58. The number of nitrogens with zero attached hydrogens (tertiary/aromatic N) is 1. The molecule has 0 aliphatic rings. The maximum absolute atomic E-state index is 11.4. The Hall–Kier alpha value is -2.56. The summed E-state index contributed by atoms with van der Waals surface area (Å²) in [5.41, 5.74) is 0.926. The van der Waals surface area contributed by atoms with Gasteiger partial charge in [-0.2, -0.15) is 0 Å². The summed E-state index contributed by atoms with van der Waals surface area (Å²) in [5, 5.41) is 0. The van der Waals surface area contributed by atoms with Crippen LogP contribution in [0.5, 0.6) is 0 Å². The molecule has 0 radical (unpaired) electrons. The van der Waals surface area contributed by atoms with Crippen LogP contribution in [-0.4, -0.2) is 25.0 Å². The van der Waals surface area contributed by atoms with Crippen molar-refractivity contribution in [1.82, 2.24) is 0 Å². The van der Waals surface area contributed by atoms with Gasteiger partial charge in [0, 0.05) is 18.8 Å². The van der Waals surface area contributed by atoms with Gasteiger partial charge in [0.25, 0.3) is 0 Å². The number of hydrogen-bond acceptors (Lipinski definition) is 5. The minimum atomic E-state index is -0.361. The van der Waals surface area contributed by atoms with Gasteiger partial charge in [0.2, 0.25) is 0 Å². The van der Waals surface area contributed by atoms with Crippen molar-refractivity contribution in [2.75, 3.05) is 18.0 Å². The third kappa shape index (κ3) is 6.42. The van der Waals surface area contributed by atoms with E-state index in [9.17, 15) is 9.59 Å². The van der Waals surface area contributed by atoms with Gasteiger partial charge in [-0.05, 0) is 12.1 Å². The summed E-state index contributed by atoms with van der Waals surface area (Å²) in [6.07, 6.45) is 2.63. The molecule has 0 aromatic heterocycles. The van der Waals surface area contributed by atoms with E-state index in [1.165, 1.54) is 0 Å². The van der Waals surface area contributed by atoms with Gasteiger partial charge in [-0.25, -0.2) is 0 Å². The molecule has 1 aromatic carbocycles. The molecule has 0 saturated carbocycles. The van der Waals surface area contributed by atoms with Crippen molar-refractivity contribution >= 4 is 17.6 Å². The molecule has 1 aromatic rings. The van der Waals surface area contributed by atoms with Gasteiger partial charge in [-0.3, -0.25) is 9.59 Å². The summed E-state index contributed by atoms with van der Waals surface area (Å²) < 4.78 is 9.37. The maximum Gasteiger partial charge on any atom is 0.312 e. The summed E-state index contributed by atoms with van der Waals surface area (Å²) in [6, 6.07) is 9.52. The average Bonchev–Trinajstić information content (AvgIpc) is 2.49. The minimum Gasteiger partial charge on any atom is -0.435 e. The van der Waals surface area contributed by atoms with Gasteiger partial charge in [0.15, 0.2) is 0 Å². The van der Waals surface area contributed by atoms with E-state index in [4.69, 9.17) is 0 Å². The van der Waals surface area contributed by atoms with Gasteiger partial charge in [-0.1, -0.05) is 31.4 Å². The highest BCUT2D eigenvalue weighted by atomic mass is 16.5. The fraction of sp³-hybridized carbons (Fsp3) is 0.250. The molecule has 0 fully saturated rings. The number of hydrogen-bond donors (Lipinski definition) is 0. The summed E-state index contributed by atoms with van der Waals surface area (Å²) in [6.45, 7) is 7.56. The van der Waals surface area contributed by atoms with E-state index in [0.29, 0.717) is 13.1 Å². The summed E-state index contributed by atoms with van der Waals surface area (Å²) in [5.74, 6) is -0.723. The number of benzene rings is 1. The topological polar surface area (TPSA) is 55.8 Å². The highest BCUT2D eigenvalue weighted by molar-refractivity contribution is 5.72. The molecule has 0 aliphatic heterocycles.